The topological polar surface area (TPSA) is 38.3 Å². The average Bonchev–Trinajstić information content (AvgIpc) is 2.93. The van der Waals surface area contributed by atoms with Gasteiger partial charge in [-0.2, -0.15) is 13.2 Å². The summed E-state index contributed by atoms with van der Waals surface area (Å²) in [5.74, 6) is -0.705. The molecule has 0 aliphatic carbocycles. The van der Waals surface area contributed by atoms with Gasteiger partial charge in [-0.1, -0.05) is 18.2 Å². The SMILES string of the molecule is COC(=O)c1sc2c(C(F)(F)F)cccc2c1C1C=CNCC1. The quantitative estimate of drug-likeness (QED) is 0.828. The first-order valence-electron chi connectivity index (χ1n) is 7.04. The van der Waals surface area contributed by atoms with E-state index < -0.39 is 17.7 Å². The Morgan fingerprint density at radius 3 is 2.78 bits per heavy atom. The Bertz CT molecular complexity index is 779. The van der Waals surface area contributed by atoms with E-state index in [2.05, 4.69) is 5.32 Å². The molecule has 1 unspecified atom stereocenters. The highest BCUT2D eigenvalue weighted by molar-refractivity contribution is 7.21. The molecular formula is C16H14F3NO2S. The van der Waals surface area contributed by atoms with Crippen molar-refractivity contribution in [2.75, 3.05) is 13.7 Å². The smallest absolute Gasteiger partial charge is 0.417 e. The zero-order chi connectivity index (χ0) is 16.6. The Balaban J connectivity index is 2.29. The van der Waals surface area contributed by atoms with E-state index in [-0.39, 0.29) is 15.5 Å². The van der Waals surface area contributed by atoms with E-state index in [0.29, 0.717) is 23.9 Å². The van der Waals surface area contributed by atoms with Crippen LogP contribution in [0, 0.1) is 0 Å². The summed E-state index contributed by atoms with van der Waals surface area (Å²) < 4.78 is 44.6. The number of alkyl halides is 3. The Morgan fingerprint density at radius 2 is 2.17 bits per heavy atom. The molecule has 0 saturated carbocycles. The number of carbonyl (C=O) groups is 1. The summed E-state index contributed by atoms with van der Waals surface area (Å²) in [4.78, 5) is 12.3. The van der Waals surface area contributed by atoms with Crippen molar-refractivity contribution in [1.29, 1.82) is 0 Å². The van der Waals surface area contributed by atoms with Gasteiger partial charge < -0.3 is 10.1 Å². The van der Waals surface area contributed by atoms with Crippen molar-refractivity contribution < 1.29 is 22.7 Å². The number of fused-ring (bicyclic) bond motifs is 1. The molecule has 1 aliphatic heterocycles. The lowest BCUT2D eigenvalue weighted by molar-refractivity contribution is -0.136. The van der Waals surface area contributed by atoms with E-state index in [1.807, 2.05) is 6.08 Å². The second-order valence-electron chi connectivity index (χ2n) is 5.22. The van der Waals surface area contributed by atoms with E-state index in [0.717, 1.165) is 17.4 Å². The monoisotopic (exact) mass is 341 g/mol. The molecule has 0 amide bonds. The zero-order valence-electron chi connectivity index (χ0n) is 12.2. The van der Waals surface area contributed by atoms with Crippen LogP contribution in [0.15, 0.2) is 30.5 Å². The van der Waals surface area contributed by atoms with Gasteiger partial charge in [-0.25, -0.2) is 4.79 Å². The molecule has 7 heteroatoms. The number of esters is 1. The fraction of sp³-hybridized carbons (Fsp3) is 0.312. The Kier molecular flexibility index (Phi) is 4.06. The van der Waals surface area contributed by atoms with Crippen LogP contribution < -0.4 is 5.32 Å². The van der Waals surface area contributed by atoms with Crippen LogP contribution in [0.25, 0.3) is 10.1 Å². The molecule has 2 aromatic rings. The zero-order valence-corrected chi connectivity index (χ0v) is 13.1. The number of hydrogen-bond donors (Lipinski definition) is 1. The molecule has 122 valence electrons. The van der Waals surface area contributed by atoms with Gasteiger partial charge >= 0.3 is 12.1 Å². The molecule has 0 bridgehead atoms. The third-order valence-corrected chi connectivity index (χ3v) is 5.08. The first-order valence-corrected chi connectivity index (χ1v) is 7.86. The summed E-state index contributed by atoms with van der Waals surface area (Å²) in [6, 6.07) is 4.06. The molecule has 0 radical (unpaired) electrons. The molecule has 0 spiro atoms. The molecule has 23 heavy (non-hydrogen) atoms. The highest BCUT2D eigenvalue weighted by Gasteiger charge is 2.35. The minimum atomic E-state index is -4.46. The molecule has 1 aromatic heterocycles. The van der Waals surface area contributed by atoms with Crippen LogP contribution in [-0.4, -0.2) is 19.6 Å². The van der Waals surface area contributed by atoms with Crippen molar-refractivity contribution in [3.8, 4) is 0 Å². The second kappa shape index (κ2) is 5.88. The van der Waals surface area contributed by atoms with Crippen molar-refractivity contribution >= 4 is 27.4 Å². The molecule has 1 aromatic carbocycles. The number of ether oxygens (including phenoxy) is 1. The van der Waals surface area contributed by atoms with E-state index in [1.165, 1.54) is 13.2 Å². The highest BCUT2D eigenvalue weighted by atomic mass is 32.1. The van der Waals surface area contributed by atoms with Gasteiger partial charge in [-0.15, -0.1) is 11.3 Å². The van der Waals surface area contributed by atoms with E-state index in [4.69, 9.17) is 4.74 Å². The van der Waals surface area contributed by atoms with Crippen LogP contribution in [-0.2, 0) is 10.9 Å². The van der Waals surface area contributed by atoms with Gasteiger partial charge in [0.05, 0.1) is 12.7 Å². The Labute approximate surface area is 134 Å². The van der Waals surface area contributed by atoms with Crippen LogP contribution in [0.1, 0.15) is 33.1 Å². The molecule has 0 saturated heterocycles. The lowest BCUT2D eigenvalue weighted by Gasteiger charge is -2.18. The van der Waals surface area contributed by atoms with E-state index in [1.54, 1.807) is 12.3 Å². The van der Waals surface area contributed by atoms with Crippen molar-refractivity contribution in [3.05, 3.63) is 46.5 Å². The van der Waals surface area contributed by atoms with Gasteiger partial charge in [0.2, 0.25) is 0 Å². The van der Waals surface area contributed by atoms with Gasteiger partial charge in [0.15, 0.2) is 0 Å². The fourth-order valence-electron chi connectivity index (χ4n) is 2.82. The van der Waals surface area contributed by atoms with Crippen LogP contribution in [0.5, 0.6) is 0 Å². The van der Waals surface area contributed by atoms with E-state index in [9.17, 15) is 18.0 Å². The molecule has 2 heterocycles. The lowest BCUT2D eigenvalue weighted by atomic mass is 9.91. The number of methoxy groups -OCH3 is 1. The van der Waals surface area contributed by atoms with Gasteiger partial charge in [0, 0.05) is 17.2 Å². The van der Waals surface area contributed by atoms with Crippen LogP contribution >= 0.6 is 11.3 Å². The number of halogens is 3. The molecule has 1 aliphatic rings. The number of benzene rings is 1. The van der Waals surface area contributed by atoms with Gasteiger partial charge in [-0.3, -0.25) is 0 Å². The number of carbonyl (C=O) groups excluding carboxylic acids is 1. The molecule has 3 rings (SSSR count). The van der Waals surface area contributed by atoms with Crippen LogP contribution in [0.4, 0.5) is 13.2 Å². The Morgan fingerprint density at radius 1 is 1.39 bits per heavy atom. The lowest BCUT2D eigenvalue weighted by Crippen LogP contribution is -2.17. The maximum Gasteiger partial charge on any atom is 0.417 e. The van der Waals surface area contributed by atoms with Gasteiger partial charge in [-0.05, 0) is 29.6 Å². The average molecular weight is 341 g/mol. The fourth-order valence-corrected chi connectivity index (χ4v) is 4.14. The normalized spacial score (nSPS) is 18.0. The molecule has 3 nitrogen and oxygen atoms in total. The summed E-state index contributed by atoms with van der Waals surface area (Å²) in [7, 11) is 1.24. The van der Waals surface area contributed by atoms with Crippen molar-refractivity contribution in [2.45, 2.75) is 18.5 Å². The maximum absolute atomic E-state index is 13.3. The second-order valence-corrected chi connectivity index (χ2v) is 6.25. The summed E-state index contributed by atoms with van der Waals surface area (Å²) in [6.07, 6.45) is -0.106. The predicted octanol–water partition coefficient (Wildman–Crippen LogP) is 4.30. The van der Waals surface area contributed by atoms with E-state index >= 15 is 0 Å². The number of thiophene rings is 1. The molecule has 1 atom stereocenters. The minimum absolute atomic E-state index is 0.0855. The highest BCUT2D eigenvalue weighted by Crippen LogP contribution is 2.44. The molecular weight excluding hydrogens is 327 g/mol. The maximum atomic E-state index is 13.3. The summed E-state index contributed by atoms with van der Waals surface area (Å²) >= 11 is 0.855. The van der Waals surface area contributed by atoms with Crippen LogP contribution in [0.3, 0.4) is 0 Å². The number of allylic oxidation sites excluding steroid dienone is 1. The largest absolute Gasteiger partial charge is 0.465 e. The standard InChI is InChI=1S/C16H14F3NO2S/c1-22-15(21)14-12(9-5-7-20-8-6-9)10-3-2-4-11(13(10)23-14)16(17,18)19/h2-5,7,9,20H,6,8H2,1H3. The molecule has 0 fully saturated rings. The first kappa shape index (κ1) is 15.9. The number of rotatable bonds is 2. The van der Waals surface area contributed by atoms with Crippen molar-refractivity contribution in [2.24, 2.45) is 0 Å². The van der Waals surface area contributed by atoms with Crippen molar-refractivity contribution in [1.82, 2.24) is 5.32 Å². The predicted molar refractivity (Wildman–Crippen MR) is 82.7 cm³/mol. The van der Waals surface area contributed by atoms with Crippen molar-refractivity contribution in [3.63, 3.8) is 0 Å². The third kappa shape index (κ3) is 2.81. The van der Waals surface area contributed by atoms with Gasteiger partial charge in [0.25, 0.3) is 0 Å². The third-order valence-electron chi connectivity index (χ3n) is 3.85. The molecule has 1 N–H and O–H groups in total. The van der Waals surface area contributed by atoms with Gasteiger partial charge in [0.1, 0.15) is 4.88 Å². The summed E-state index contributed by atoms with van der Waals surface area (Å²) in [5, 5.41) is 3.52. The minimum Gasteiger partial charge on any atom is -0.465 e. The summed E-state index contributed by atoms with van der Waals surface area (Å²) in [5.41, 5.74) is -0.0879. The number of hydrogen-bond acceptors (Lipinski definition) is 4. The summed E-state index contributed by atoms with van der Waals surface area (Å²) in [6.45, 7) is 0.706. The van der Waals surface area contributed by atoms with Crippen LogP contribution in [0.2, 0.25) is 0 Å². The first-order chi connectivity index (χ1) is 10.9. The Hall–Kier alpha value is -2.02. The number of nitrogens with one attached hydrogen (secondary N) is 1.